The third-order valence-electron chi connectivity index (χ3n) is 2.83. The van der Waals surface area contributed by atoms with E-state index in [0.717, 1.165) is 12.8 Å². The number of nitrogens with zero attached hydrogens (tertiary/aromatic N) is 2. The molecule has 0 bridgehead atoms. The van der Waals surface area contributed by atoms with Gasteiger partial charge in [0.1, 0.15) is 0 Å². The van der Waals surface area contributed by atoms with Crippen LogP contribution in [0.2, 0.25) is 0 Å². The highest BCUT2D eigenvalue weighted by molar-refractivity contribution is 7.98. The van der Waals surface area contributed by atoms with Gasteiger partial charge in [-0.3, -0.25) is 0 Å². The molecule has 1 aromatic rings. The van der Waals surface area contributed by atoms with E-state index in [9.17, 15) is 0 Å². The van der Waals surface area contributed by atoms with Crippen LogP contribution in [0.5, 0.6) is 0 Å². The van der Waals surface area contributed by atoms with Gasteiger partial charge in [0.25, 0.3) is 0 Å². The standard InChI is InChI=1S/C9H15N3OS/c1-6(14-2)7-11-8(12-13-7)9(10)4-3-5-9/h6H,3-5,10H2,1-2H3. The Labute approximate surface area is 87.6 Å². The van der Waals surface area contributed by atoms with Crippen LogP contribution in [-0.2, 0) is 5.54 Å². The Bertz CT molecular complexity index is 322. The van der Waals surface area contributed by atoms with E-state index in [1.807, 2.05) is 13.2 Å². The van der Waals surface area contributed by atoms with Crippen LogP contribution < -0.4 is 5.73 Å². The number of thioether (sulfide) groups is 1. The predicted octanol–water partition coefficient (Wildman–Crippen LogP) is 1.83. The first-order valence-corrected chi connectivity index (χ1v) is 6.10. The maximum atomic E-state index is 6.09. The van der Waals surface area contributed by atoms with E-state index >= 15 is 0 Å². The lowest BCUT2D eigenvalue weighted by molar-refractivity contribution is 0.229. The highest BCUT2D eigenvalue weighted by atomic mass is 32.2. The zero-order chi connectivity index (χ0) is 10.2. The van der Waals surface area contributed by atoms with Crippen LogP contribution in [0, 0.1) is 0 Å². The molecule has 5 heteroatoms. The van der Waals surface area contributed by atoms with Crippen LogP contribution >= 0.6 is 11.8 Å². The minimum atomic E-state index is -0.306. The first-order chi connectivity index (χ1) is 6.65. The van der Waals surface area contributed by atoms with Crippen molar-refractivity contribution < 1.29 is 4.52 Å². The lowest BCUT2D eigenvalue weighted by atomic mass is 9.77. The van der Waals surface area contributed by atoms with Crippen LogP contribution in [0.15, 0.2) is 4.52 Å². The molecule has 0 spiro atoms. The van der Waals surface area contributed by atoms with Crippen molar-refractivity contribution in [1.82, 2.24) is 10.1 Å². The fourth-order valence-corrected chi connectivity index (χ4v) is 1.78. The van der Waals surface area contributed by atoms with Crippen molar-refractivity contribution in [2.45, 2.75) is 37.0 Å². The maximum Gasteiger partial charge on any atom is 0.239 e. The molecule has 1 fully saturated rings. The van der Waals surface area contributed by atoms with Gasteiger partial charge in [-0.15, -0.1) is 0 Å². The Morgan fingerprint density at radius 1 is 1.57 bits per heavy atom. The number of nitrogens with two attached hydrogens (primary N) is 1. The van der Waals surface area contributed by atoms with Gasteiger partial charge in [0.2, 0.25) is 5.89 Å². The van der Waals surface area contributed by atoms with Crippen LogP contribution in [0.3, 0.4) is 0 Å². The van der Waals surface area contributed by atoms with Crippen molar-refractivity contribution in [2.24, 2.45) is 5.73 Å². The normalized spacial score (nSPS) is 21.6. The van der Waals surface area contributed by atoms with Crippen LogP contribution in [0.25, 0.3) is 0 Å². The van der Waals surface area contributed by atoms with E-state index in [1.165, 1.54) is 6.42 Å². The molecular weight excluding hydrogens is 198 g/mol. The highest BCUT2D eigenvalue weighted by Gasteiger charge is 2.39. The second kappa shape index (κ2) is 3.55. The minimum Gasteiger partial charge on any atom is -0.338 e. The van der Waals surface area contributed by atoms with E-state index in [1.54, 1.807) is 11.8 Å². The molecule has 0 aromatic carbocycles. The Morgan fingerprint density at radius 2 is 2.29 bits per heavy atom. The van der Waals surface area contributed by atoms with E-state index < -0.39 is 0 Å². The molecule has 4 nitrogen and oxygen atoms in total. The van der Waals surface area contributed by atoms with Crippen LogP contribution in [0.1, 0.15) is 43.2 Å². The number of rotatable bonds is 3. The van der Waals surface area contributed by atoms with Crippen molar-refractivity contribution in [3.8, 4) is 0 Å². The molecule has 2 N–H and O–H groups in total. The SMILES string of the molecule is CSC(C)c1nc(C2(N)CCC2)no1. The molecule has 1 aliphatic carbocycles. The summed E-state index contributed by atoms with van der Waals surface area (Å²) in [5.74, 6) is 1.36. The second-order valence-corrected chi connectivity index (χ2v) is 5.02. The zero-order valence-corrected chi connectivity index (χ0v) is 9.30. The monoisotopic (exact) mass is 213 g/mol. The highest BCUT2D eigenvalue weighted by Crippen LogP contribution is 2.37. The van der Waals surface area contributed by atoms with Gasteiger partial charge in [0.15, 0.2) is 5.82 Å². The fourth-order valence-electron chi connectivity index (χ4n) is 1.48. The summed E-state index contributed by atoms with van der Waals surface area (Å²) in [7, 11) is 0. The Hall–Kier alpha value is -0.550. The van der Waals surface area contributed by atoms with Gasteiger partial charge >= 0.3 is 0 Å². The third-order valence-corrected chi connectivity index (χ3v) is 3.74. The first-order valence-electron chi connectivity index (χ1n) is 4.81. The number of aromatic nitrogens is 2. The van der Waals surface area contributed by atoms with Gasteiger partial charge in [-0.1, -0.05) is 5.16 Å². The molecule has 2 rings (SSSR count). The van der Waals surface area contributed by atoms with Crippen LogP contribution in [0.4, 0.5) is 0 Å². The van der Waals surface area contributed by atoms with Crippen molar-refractivity contribution in [3.05, 3.63) is 11.7 Å². The summed E-state index contributed by atoms with van der Waals surface area (Å²) in [5, 5.41) is 4.20. The van der Waals surface area contributed by atoms with E-state index in [4.69, 9.17) is 10.3 Å². The van der Waals surface area contributed by atoms with Crippen molar-refractivity contribution in [1.29, 1.82) is 0 Å². The first kappa shape index (κ1) is 9.98. The molecule has 1 unspecified atom stereocenters. The molecule has 0 aliphatic heterocycles. The van der Waals surface area contributed by atoms with Gasteiger partial charge in [-0.05, 0) is 32.4 Å². The van der Waals surface area contributed by atoms with Gasteiger partial charge in [0, 0.05) is 0 Å². The molecule has 1 aliphatic rings. The van der Waals surface area contributed by atoms with E-state index in [2.05, 4.69) is 10.1 Å². The van der Waals surface area contributed by atoms with Gasteiger partial charge in [0.05, 0.1) is 10.8 Å². The largest absolute Gasteiger partial charge is 0.338 e. The Balaban J connectivity index is 2.17. The summed E-state index contributed by atoms with van der Waals surface area (Å²) in [4.78, 5) is 4.35. The van der Waals surface area contributed by atoms with Gasteiger partial charge < -0.3 is 10.3 Å². The summed E-state index contributed by atoms with van der Waals surface area (Å²) in [6.07, 6.45) is 5.13. The minimum absolute atomic E-state index is 0.250. The molecule has 0 saturated heterocycles. The molecule has 78 valence electrons. The zero-order valence-electron chi connectivity index (χ0n) is 8.49. The summed E-state index contributed by atoms with van der Waals surface area (Å²) in [5.41, 5.74) is 5.78. The van der Waals surface area contributed by atoms with E-state index in [0.29, 0.717) is 11.7 Å². The average Bonchev–Trinajstić information content (AvgIpc) is 2.62. The number of hydrogen-bond donors (Lipinski definition) is 1. The van der Waals surface area contributed by atoms with E-state index in [-0.39, 0.29) is 10.8 Å². The smallest absolute Gasteiger partial charge is 0.239 e. The lowest BCUT2D eigenvalue weighted by Crippen LogP contribution is -2.44. The summed E-state index contributed by atoms with van der Waals surface area (Å²) in [6.45, 7) is 2.05. The topological polar surface area (TPSA) is 64.9 Å². The van der Waals surface area contributed by atoms with Gasteiger partial charge in [-0.25, -0.2) is 0 Å². The molecule has 0 radical (unpaired) electrons. The molecule has 14 heavy (non-hydrogen) atoms. The average molecular weight is 213 g/mol. The number of hydrogen-bond acceptors (Lipinski definition) is 5. The molecule has 1 aromatic heterocycles. The van der Waals surface area contributed by atoms with Crippen molar-refractivity contribution >= 4 is 11.8 Å². The Morgan fingerprint density at radius 3 is 2.79 bits per heavy atom. The van der Waals surface area contributed by atoms with Crippen molar-refractivity contribution in [2.75, 3.05) is 6.26 Å². The molecular formula is C9H15N3OS. The Kier molecular flexibility index (Phi) is 2.53. The third kappa shape index (κ3) is 1.54. The predicted molar refractivity (Wildman–Crippen MR) is 55.9 cm³/mol. The quantitative estimate of drug-likeness (QED) is 0.829. The maximum absolute atomic E-state index is 6.09. The molecule has 1 saturated carbocycles. The molecule has 0 amide bonds. The summed E-state index contributed by atoms with van der Waals surface area (Å²) < 4.78 is 5.18. The van der Waals surface area contributed by atoms with Crippen molar-refractivity contribution in [3.63, 3.8) is 0 Å². The molecule has 1 heterocycles. The lowest BCUT2D eigenvalue weighted by Gasteiger charge is -2.34. The van der Waals surface area contributed by atoms with Gasteiger partial charge in [-0.2, -0.15) is 16.7 Å². The molecule has 1 atom stereocenters. The fraction of sp³-hybridized carbons (Fsp3) is 0.778. The summed E-state index contributed by atoms with van der Waals surface area (Å²) in [6, 6.07) is 0. The van der Waals surface area contributed by atoms with Crippen LogP contribution in [-0.4, -0.2) is 16.4 Å². The second-order valence-electron chi connectivity index (χ2n) is 3.84. The summed E-state index contributed by atoms with van der Waals surface area (Å²) >= 11 is 1.69.